The van der Waals surface area contributed by atoms with Gasteiger partial charge in [-0.1, -0.05) is 19.8 Å². The first-order chi connectivity index (χ1) is 9.51. The van der Waals surface area contributed by atoms with Gasteiger partial charge < -0.3 is 10.0 Å². The van der Waals surface area contributed by atoms with Crippen molar-refractivity contribution in [2.75, 3.05) is 13.1 Å². The number of hydrogen-bond acceptors (Lipinski definition) is 2. The molecule has 2 rings (SSSR count). The van der Waals surface area contributed by atoms with Crippen LogP contribution in [-0.2, 0) is 9.59 Å². The summed E-state index contributed by atoms with van der Waals surface area (Å²) in [5.41, 5.74) is -0.263. The predicted octanol–water partition coefficient (Wildman–Crippen LogP) is 3.06. The number of hydrogen-bond donors (Lipinski definition) is 1. The summed E-state index contributed by atoms with van der Waals surface area (Å²) < 4.78 is 0. The van der Waals surface area contributed by atoms with Crippen LogP contribution in [0.3, 0.4) is 0 Å². The molecular weight excluding hydrogens is 254 g/mol. The van der Waals surface area contributed by atoms with Crippen LogP contribution in [0.4, 0.5) is 0 Å². The van der Waals surface area contributed by atoms with Gasteiger partial charge in [-0.05, 0) is 43.4 Å². The van der Waals surface area contributed by atoms with E-state index < -0.39 is 5.97 Å². The monoisotopic (exact) mass is 281 g/mol. The van der Waals surface area contributed by atoms with Crippen LogP contribution in [0.2, 0.25) is 0 Å². The fraction of sp³-hybridized carbons (Fsp3) is 0.875. The van der Waals surface area contributed by atoms with Gasteiger partial charge in [-0.2, -0.15) is 0 Å². The molecule has 1 N–H and O–H groups in total. The van der Waals surface area contributed by atoms with Gasteiger partial charge in [0.25, 0.3) is 0 Å². The summed E-state index contributed by atoms with van der Waals surface area (Å²) >= 11 is 0. The summed E-state index contributed by atoms with van der Waals surface area (Å²) in [6, 6.07) is 0. The average Bonchev–Trinajstić information content (AvgIpc) is 2.68. The van der Waals surface area contributed by atoms with Crippen molar-refractivity contribution in [2.45, 2.75) is 64.7 Å². The Morgan fingerprint density at radius 1 is 1.10 bits per heavy atom. The lowest BCUT2D eigenvalue weighted by Gasteiger charge is -2.30. The molecule has 0 aromatic rings. The highest BCUT2D eigenvalue weighted by molar-refractivity contribution is 5.78. The van der Waals surface area contributed by atoms with E-state index in [1.807, 2.05) is 4.90 Å². The molecule has 4 nitrogen and oxygen atoms in total. The maximum atomic E-state index is 12.5. The quantitative estimate of drug-likeness (QED) is 0.861. The van der Waals surface area contributed by atoms with E-state index in [1.165, 1.54) is 6.42 Å². The molecule has 1 amide bonds. The van der Waals surface area contributed by atoms with Gasteiger partial charge in [0.2, 0.25) is 5.91 Å². The van der Waals surface area contributed by atoms with Crippen molar-refractivity contribution in [3.05, 3.63) is 0 Å². The van der Waals surface area contributed by atoms with Gasteiger partial charge in [0, 0.05) is 19.5 Å². The number of nitrogens with zero attached hydrogens (tertiary/aromatic N) is 1. The Morgan fingerprint density at radius 3 is 2.45 bits per heavy atom. The van der Waals surface area contributed by atoms with Gasteiger partial charge in [-0.3, -0.25) is 9.59 Å². The Kier molecular flexibility index (Phi) is 5.06. The Bertz CT molecular complexity index is 361. The average molecular weight is 281 g/mol. The summed E-state index contributed by atoms with van der Waals surface area (Å²) in [6.45, 7) is 3.95. The third-order valence-corrected chi connectivity index (χ3v) is 5.09. The van der Waals surface area contributed by atoms with Crippen molar-refractivity contribution >= 4 is 11.9 Å². The van der Waals surface area contributed by atoms with Crippen LogP contribution in [0, 0.1) is 11.3 Å². The second-order valence-corrected chi connectivity index (χ2v) is 6.87. The zero-order valence-electron chi connectivity index (χ0n) is 12.6. The van der Waals surface area contributed by atoms with Crippen LogP contribution < -0.4 is 0 Å². The first kappa shape index (κ1) is 15.3. The smallest absolute Gasteiger partial charge is 0.303 e. The Balaban J connectivity index is 1.95. The van der Waals surface area contributed by atoms with Crippen LogP contribution in [0.25, 0.3) is 0 Å². The van der Waals surface area contributed by atoms with E-state index in [2.05, 4.69) is 6.92 Å². The molecule has 1 saturated carbocycles. The lowest BCUT2D eigenvalue weighted by atomic mass is 9.79. The van der Waals surface area contributed by atoms with Gasteiger partial charge in [-0.25, -0.2) is 0 Å². The Labute approximate surface area is 121 Å². The molecule has 0 bridgehead atoms. The van der Waals surface area contributed by atoms with Crippen LogP contribution in [0.15, 0.2) is 0 Å². The lowest BCUT2D eigenvalue weighted by molar-refractivity contribution is -0.141. The molecule has 0 aromatic heterocycles. The molecule has 4 heteroatoms. The number of carbonyl (C=O) groups is 2. The number of carboxylic acid groups (broad SMARTS) is 1. The normalized spacial score (nSPS) is 26.2. The van der Waals surface area contributed by atoms with E-state index in [1.54, 1.807) is 0 Å². The first-order valence-electron chi connectivity index (χ1n) is 8.00. The fourth-order valence-electron chi connectivity index (χ4n) is 3.81. The van der Waals surface area contributed by atoms with Gasteiger partial charge in [-0.15, -0.1) is 0 Å². The minimum Gasteiger partial charge on any atom is -0.481 e. The molecule has 1 atom stereocenters. The topological polar surface area (TPSA) is 57.6 Å². The van der Waals surface area contributed by atoms with Crippen molar-refractivity contribution in [2.24, 2.45) is 11.3 Å². The summed E-state index contributed by atoms with van der Waals surface area (Å²) in [4.78, 5) is 25.6. The first-order valence-corrected chi connectivity index (χ1v) is 8.00. The SMILES string of the molecule is CC1CCCN(C(=O)CC2(CC(=O)O)CCCC2)CC1. The van der Waals surface area contributed by atoms with E-state index in [-0.39, 0.29) is 17.7 Å². The maximum absolute atomic E-state index is 12.5. The molecule has 20 heavy (non-hydrogen) atoms. The van der Waals surface area contributed by atoms with Crippen molar-refractivity contribution in [1.82, 2.24) is 4.90 Å². The number of aliphatic carboxylic acids is 1. The lowest BCUT2D eigenvalue weighted by Crippen LogP contribution is -2.36. The Morgan fingerprint density at radius 2 is 1.80 bits per heavy atom. The third kappa shape index (κ3) is 3.97. The number of carboxylic acids is 1. The van der Waals surface area contributed by atoms with Crippen LogP contribution >= 0.6 is 0 Å². The van der Waals surface area contributed by atoms with Gasteiger partial charge in [0.15, 0.2) is 0 Å². The molecule has 0 radical (unpaired) electrons. The van der Waals surface area contributed by atoms with Crippen molar-refractivity contribution in [3.63, 3.8) is 0 Å². The van der Waals surface area contributed by atoms with E-state index in [0.717, 1.165) is 51.6 Å². The highest BCUT2D eigenvalue weighted by atomic mass is 16.4. The van der Waals surface area contributed by atoms with E-state index in [9.17, 15) is 9.59 Å². The minimum atomic E-state index is -0.760. The number of likely N-dealkylation sites (tertiary alicyclic amines) is 1. The van der Waals surface area contributed by atoms with Gasteiger partial charge in [0.05, 0.1) is 6.42 Å². The predicted molar refractivity (Wildman–Crippen MR) is 77.4 cm³/mol. The molecule has 0 spiro atoms. The van der Waals surface area contributed by atoms with E-state index in [4.69, 9.17) is 5.11 Å². The molecule has 1 heterocycles. The molecule has 2 fully saturated rings. The number of rotatable bonds is 4. The Hall–Kier alpha value is -1.06. The van der Waals surface area contributed by atoms with Crippen molar-refractivity contribution in [1.29, 1.82) is 0 Å². The molecule has 1 saturated heterocycles. The van der Waals surface area contributed by atoms with Gasteiger partial charge >= 0.3 is 5.97 Å². The van der Waals surface area contributed by atoms with Crippen LogP contribution in [-0.4, -0.2) is 35.0 Å². The highest BCUT2D eigenvalue weighted by Crippen LogP contribution is 2.44. The highest BCUT2D eigenvalue weighted by Gasteiger charge is 2.39. The molecular formula is C16H27NO3. The molecule has 2 aliphatic rings. The molecule has 1 unspecified atom stereocenters. The fourth-order valence-corrected chi connectivity index (χ4v) is 3.81. The molecule has 114 valence electrons. The van der Waals surface area contributed by atoms with Crippen molar-refractivity contribution in [3.8, 4) is 0 Å². The summed E-state index contributed by atoms with van der Waals surface area (Å²) in [5.74, 6) is 0.124. The van der Waals surface area contributed by atoms with Crippen LogP contribution in [0.5, 0.6) is 0 Å². The summed E-state index contributed by atoms with van der Waals surface area (Å²) in [5, 5.41) is 9.12. The maximum Gasteiger partial charge on any atom is 0.303 e. The molecule has 1 aliphatic carbocycles. The summed E-state index contributed by atoms with van der Waals surface area (Å²) in [6.07, 6.45) is 7.89. The minimum absolute atomic E-state index is 0.156. The van der Waals surface area contributed by atoms with Crippen molar-refractivity contribution < 1.29 is 14.7 Å². The van der Waals surface area contributed by atoms with Gasteiger partial charge in [0.1, 0.15) is 0 Å². The number of amides is 1. The second-order valence-electron chi connectivity index (χ2n) is 6.87. The van der Waals surface area contributed by atoms with Crippen LogP contribution in [0.1, 0.15) is 64.7 Å². The largest absolute Gasteiger partial charge is 0.481 e. The summed E-state index contributed by atoms with van der Waals surface area (Å²) in [7, 11) is 0. The zero-order chi connectivity index (χ0) is 14.6. The number of carbonyl (C=O) groups excluding carboxylic acids is 1. The second kappa shape index (κ2) is 6.59. The van der Waals surface area contributed by atoms with E-state index in [0.29, 0.717) is 12.3 Å². The zero-order valence-corrected chi connectivity index (χ0v) is 12.6. The standard InChI is InChI=1S/C16H27NO3/c1-13-5-4-9-17(10-6-13)14(18)11-16(12-15(19)20)7-2-3-8-16/h13H,2-12H2,1H3,(H,19,20). The molecule has 0 aromatic carbocycles. The molecule has 1 aliphatic heterocycles. The van der Waals surface area contributed by atoms with E-state index >= 15 is 0 Å². The third-order valence-electron chi connectivity index (χ3n) is 5.09.